The molecule has 0 aliphatic carbocycles. The van der Waals surface area contributed by atoms with Crippen LogP contribution in [0.3, 0.4) is 0 Å². The van der Waals surface area contributed by atoms with Gasteiger partial charge in [-0.2, -0.15) is 13.2 Å². The molecule has 1 atom stereocenters. The lowest BCUT2D eigenvalue weighted by molar-refractivity contribution is -0.137. The van der Waals surface area contributed by atoms with E-state index in [0.717, 1.165) is 31.4 Å². The first-order valence-corrected chi connectivity index (χ1v) is 6.56. The van der Waals surface area contributed by atoms with Crippen molar-refractivity contribution in [2.45, 2.75) is 38.4 Å². The number of nitrogens with one attached hydrogen (secondary N) is 1. The normalized spacial score (nSPS) is 12.4. The molecule has 3 N–H and O–H groups in total. The summed E-state index contributed by atoms with van der Waals surface area (Å²) >= 11 is 0. The highest BCUT2D eigenvalue weighted by Gasteiger charge is 2.31. The van der Waals surface area contributed by atoms with Crippen molar-refractivity contribution < 1.29 is 18.0 Å². The first-order chi connectivity index (χ1) is 9.38. The maximum Gasteiger partial charge on any atom is 0.416 e. The van der Waals surface area contributed by atoms with E-state index in [1.165, 1.54) is 12.1 Å². The lowest BCUT2D eigenvalue weighted by Gasteiger charge is -2.17. The van der Waals surface area contributed by atoms with Crippen molar-refractivity contribution >= 4 is 18.3 Å². The molecular weight excluding hydrogens is 305 g/mol. The highest BCUT2D eigenvalue weighted by molar-refractivity contribution is 5.94. The molecule has 7 heteroatoms. The quantitative estimate of drug-likeness (QED) is 0.843. The molecule has 1 aromatic rings. The summed E-state index contributed by atoms with van der Waals surface area (Å²) in [5, 5.41) is 2.67. The van der Waals surface area contributed by atoms with E-state index < -0.39 is 17.6 Å². The topological polar surface area (TPSA) is 55.1 Å². The number of carbonyl (C=O) groups excluding carboxylic acids is 1. The van der Waals surface area contributed by atoms with Crippen LogP contribution in [0.25, 0.3) is 0 Å². The van der Waals surface area contributed by atoms with E-state index in [9.17, 15) is 18.0 Å². The molecule has 21 heavy (non-hydrogen) atoms. The molecule has 0 bridgehead atoms. The van der Waals surface area contributed by atoms with E-state index >= 15 is 0 Å². The van der Waals surface area contributed by atoms with Gasteiger partial charge in [-0.05, 0) is 24.6 Å². The second-order valence-corrected chi connectivity index (χ2v) is 4.63. The monoisotopic (exact) mass is 324 g/mol. The number of amides is 1. The number of carbonyl (C=O) groups is 1. The molecule has 1 rings (SSSR count). The van der Waals surface area contributed by atoms with Crippen LogP contribution in [0.5, 0.6) is 0 Å². The maximum atomic E-state index is 12.6. The molecule has 0 aliphatic heterocycles. The number of halogens is 4. The van der Waals surface area contributed by atoms with E-state index in [0.29, 0.717) is 0 Å². The maximum absolute atomic E-state index is 12.6. The average Bonchev–Trinajstić information content (AvgIpc) is 2.42. The van der Waals surface area contributed by atoms with Gasteiger partial charge in [0.15, 0.2) is 0 Å². The smallest absolute Gasteiger partial charge is 0.348 e. The molecule has 0 spiro atoms. The van der Waals surface area contributed by atoms with Gasteiger partial charge in [0.2, 0.25) is 0 Å². The fourth-order valence-corrected chi connectivity index (χ4v) is 1.80. The largest absolute Gasteiger partial charge is 0.416 e. The van der Waals surface area contributed by atoms with Crippen molar-refractivity contribution in [1.82, 2.24) is 5.32 Å². The van der Waals surface area contributed by atoms with E-state index in [2.05, 4.69) is 5.32 Å². The molecule has 0 radical (unpaired) electrons. The molecule has 1 amide bonds. The van der Waals surface area contributed by atoms with Crippen molar-refractivity contribution in [3.05, 3.63) is 35.4 Å². The third-order valence-corrected chi connectivity index (χ3v) is 2.98. The van der Waals surface area contributed by atoms with Crippen LogP contribution in [-0.4, -0.2) is 18.5 Å². The van der Waals surface area contributed by atoms with Crippen LogP contribution in [0.4, 0.5) is 13.2 Å². The predicted molar refractivity (Wildman–Crippen MR) is 78.5 cm³/mol. The summed E-state index contributed by atoms with van der Waals surface area (Å²) in [6.07, 6.45) is -1.86. The lowest BCUT2D eigenvalue weighted by atomic mass is 10.1. The third kappa shape index (κ3) is 6.35. The van der Waals surface area contributed by atoms with Crippen LogP contribution >= 0.6 is 12.4 Å². The second-order valence-electron chi connectivity index (χ2n) is 4.63. The number of hydrogen-bond acceptors (Lipinski definition) is 2. The zero-order valence-electron chi connectivity index (χ0n) is 11.7. The first kappa shape index (κ1) is 19.7. The fourth-order valence-electron chi connectivity index (χ4n) is 1.80. The van der Waals surface area contributed by atoms with E-state index in [-0.39, 0.29) is 30.6 Å². The van der Waals surface area contributed by atoms with Gasteiger partial charge < -0.3 is 11.1 Å². The summed E-state index contributed by atoms with van der Waals surface area (Å²) in [5.74, 6) is -0.525. The minimum atomic E-state index is -4.45. The van der Waals surface area contributed by atoms with Crippen molar-refractivity contribution in [2.75, 3.05) is 6.54 Å². The Kier molecular flexibility index (Phi) is 8.36. The summed E-state index contributed by atoms with van der Waals surface area (Å²) in [6, 6.07) is 4.16. The molecular formula is C14H20ClF3N2O. The van der Waals surface area contributed by atoms with Gasteiger partial charge in [-0.25, -0.2) is 0 Å². The van der Waals surface area contributed by atoms with Gasteiger partial charge in [-0.3, -0.25) is 4.79 Å². The highest BCUT2D eigenvalue weighted by Crippen LogP contribution is 2.29. The predicted octanol–water partition coefficient (Wildman–Crippen LogP) is 3.37. The molecule has 0 saturated heterocycles. The molecule has 0 heterocycles. The molecule has 0 aliphatic rings. The Labute approximate surface area is 128 Å². The minimum absolute atomic E-state index is 0. The molecule has 0 fully saturated rings. The van der Waals surface area contributed by atoms with Gasteiger partial charge in [0, 0.05) is 18.2 Å². The summed E-state index contributed by atoms with van der Waals surface area (Å²) in [5.41, 5.74) is 4.71. The van der Waals surface area contributed by atoms with E-state index in [1.54, 1.807) is 0 Å². The Hall–Kier alpha value is -1.27. The van der Waals surface area contributed by atoms with Gasteiger partial charge >= 0.3 is 6.18 Å². The Morgan fingerprint density at radius 2 is 2.05 bits per heavy atom. The highest BCUT2D eigenvalue weighted by atomic mass is 35.5. The van der Waals surface area contributed by atoms with Crippen LogP contribution in [0.15, 0.2) is 24.3 Å². The number of nitrogens with two attached hydrogens (primary N) is 1. The molecule has 3 nitrogen and oxygen atoms in total. The first-order valence-electron chi connectivity index (χ1n) is 6.56. The van der Waals surface area contributed by atoms with Gasteiger partial charge in [0.25, 0.3) is 5.91 Å². The van der Waals surface area contributed by atoms with Crippen molar-refractivity contribution in [2.24, 2.45) is 5.73 Å². The number of alkyl halides is 3. The molecule has 1 aromatic carbocycles. The molecule has 0 aromatic heterocycles. The van der Waals surface area contributed by atoms with Crippen LogP contribution in [0.1, 0.15) is 42.1 Å². The summed E-state index contributed by atoms with van der Waals surface area (Å²) in [4.78, 5) is 11.9. The van der Waals surface area contributed by atoms with Gasteiger partial charge in [-0.15, -0.1) is 12.4 Å². The van der Waals surface area contributed by atoms with Crippen LogP contribution in [0.2, 0.25) is 0 Å². The van der Waals surface area contributed by atoms with Crippen molar-refractivity contribution in [1.29, 1.82) is 0 Å². The minimum Gasteiger partial charge on any atom is -0.348 e. The Balaban J connectivity index is 0.00000400. The summed E-state index contributed by atoms with van der Waals surface area (Å²) in [6.45, 7) is 2.28. The SMILES string of the molecule is CCCCC(CN)NC(=O)c1cccc(C(F)(F)F)c1.Cl. The lowest BCUT2D eigenvalue weighted by Crippen LogP contribution is -2.40. The molecule has 1 unspecified atom stereocenters. The van der Waals surface area contributed by atoms with Crippen LogP contribution in [0, 0.1) is 0 Å². The Bertz CT molecular complexity index is 452. The molecule has 120 valence electrons. The third-order valence-electron chi connectivity index (χ3n) is 2.98. The fraction of sp³-hybridized carbons (Fsp3) is 0.500. The second kappa shape index (κ2) is 8.89. The molecule has 0 saturated carbocycles. The zero-order valence-corrected chi connectivity index (χ0v) is 12.6. The summed E-state index contributed by atoms with van der Waals surface area (Å²) < 4.78 is 37.7. The van der Waals surface area contributed by atoms with Crippen LogP contribution < -0.4 is 11.1 Å². The van der Waals surface area contributed by atoms with Gasteiger partial charge in [-0.1, -0.05) is 25.8 Å². The number of rotatable bonds is 6. The number of unbranched alkanes of at least 4 members (excludes halogenated alkanes) is 1. The Morgan fingerprint density at radius 3 is 2.57 bits per heavy atom. The van der Waals surface area contributed by atoms with E-state index in [4.69, 9.17) is 5.73 Å². The van der Waals surface area contributed by atoms with E-state index in [1.807, 2.05) is 6.92 Å². The average molecular weight is 325 g/mol. The van der Waals surface area contributed by atoms with Gasteiger partial charge in [0.05, 0.1) is 5.56 Å². The number of hydrogen-bond donors (Lipinski definition) is 2. The van der Waals surface area contributed by atoms with Gasteiger partial charge in [0.1, 0.15) is 0 Å². The van der Waals surface area contributed by atoms with Crippen LogP contribution in [-0.2, 0) is 6.18 Å². The Morgan fingerprint density at radius 1 is 1.38 bits per heavy atom. The zero-order chi connectivity index (χ0) is 15.2. The van der Waals surface area contributed by atoms with Crippen molar-refractivity contribution in [3.8, 4) is 0 Å². The summed E-state index contributed by atoms with van der Waals surface area (Å²) in [7, 11) is 0. The standard InChI is InChI=1S/C14H19F3N2O.ClH/c1-2-3-7-12(9-18)19-13(20)10-5-4-6-11(8-10)14(15,16)17;/h4-6,8,12H,2-3,7,9,18H2,1H3,(H,19,20);1H. The number of benzene rings is 1. The van der Waals surface area contributed by atoms with Crippen molar-refractivity contribution in [3.63, 3.8) is 0 Å².